The number of benzene rings is 1. The van der Waals surface area contributed by atoms with Crippen molar-refractivity contribution in [2.45, 2.75) is 33.1 Å². The van der Waals surface area contributed by atoms with Gasteiger partial charge in [-0.1, -0.05) is 61.9 Å². The first-order valence-electron chi connectivity index (χ1n) is 12.9. The number of nitrogens with zero attached hydrogens (tertiary/aromatic N) is 5. The molecule has 5 rings (SSSR count). The summed E-state index contributed by atoms with van der Waals surface area (Å²) in [5, 5.41) is 0. The predicted octanol–water partition coefficient (Wildman–Crippen LogP) is 4.86. The lowest BCUT2D eigenvalue weighted by Crippen LogP contribution is -2.47. The number of amides is 1. The second-order valence-corrected chi connectivity index (χ2v) is 11.2. The number of thioether (sulfide) groups is 1. The molecule has 0 saturated carbocycles. The highest BCUT2D eigenvalue weighted by molar-refractivity contribution is 8.26. The molecular formula is C28H30FN5O2S2. The Hall–Kier alpha value is -3.24. The summed E-state index contributed by atoms with van der Waals surface area (Å²) in [5.41, 5.74) is 2.16. The number of piperazine rings is 1. The van der Waals surface area contributed by atoms with Crippen molar-refractivity contribution in [3.05, 3.63) is 74.8 Å². The van der Waals surface area contributed by atoms with Gasteiger partial charge >= 0.3 is 0 Å². The van der Waals surface area contributed by atoms with Crippen LogP contribution in [0.3, 0.4) is 0 Å². The molecule has 7 nitrogen and oxygen atoms in total. The van der Waals surface area contributed by atoms with Crippen molar-refractivity contribution >= 4 is 57.4 Å². The Balaban J connectivity index is 1.51. The maximum Gasteiger partial charge on any atom is 0.267 e. The Labute approximate surface area is 230 Å². The van der Waals surface area contributed by atoms with Gasteiger partial charge in [-0.15, -0.1) is 0 Å². The van der Waals surface area contributed by atoms with E-state index in [0.717, 1.165) is 24.8 Å². The lowest BCUT2D eigenvalue weighted by atomic mass is 10.2. The van der Waals surface area contributed by atoms with Crippen LogP contribution in [0.4, 0.5) is 15.9 Å². The van der Waals surface area contributed by atoms with Crippen LogP contribution in [0, 0.1) is 12.7 Å². The van der Waals surface area contributed by atoms with Gasteiger partial charge < -0.3 is 9.80 Å². The summed E-state index contributed by atoms with van der Waals surface area (Å²) in [5.74, 6) is 0.120. The van der Waals surface area contributed by atoms with Crippen molar-refractivity contribution in [3.63, 3.8) is 0 Å². The minimum absolute atomic E-state index is 0.167. The second kappa shape index (κ2) is 11.2. The number of rotatable bonds is 7. The van der Waals surface area contributed by atoms with Gasteiger partial charge in [0, 0.05) is 38.9 Å². The molecule has 38 heavy (non-hydrogen) atoms. The van der Waals surface area contributed by atoms with Crippen LogP contribution in [0.5, 0.6) is 0 Å². The van der Waals surface area contributed by atoms with Crippen molar-refractivity contribution in [2.24, 2.45) is 0 Å². The van der Waals surface area contributed by atoms with E-state index in [2.05, 4.69) is 11.8 Å². The van der Waals surface area contributed by atoms with Gasteiger partial charge in [0.2, 0.25) is 0 Å². The SMILES string of the molecule is CCCCCN1C(=O)/C(=C\c2c(N3CCN(c4ccccc4F)CC3)nc3c(C)cccn3c2=O)SC1=S. The first-order valence-corrected chi connectivity index (χ1v) is 14.1. The highest BCUT2D eigenvalue weighted by Crippen LogP contribution is 2.34. The zero-order valence-electron chi connectivity index (χ0n) is 21.5. The van der Waals surface area contributed by atoms with Crippen LogP contribution in [-0.2, 0) is 4.79 Å². The standard InChI is InChI=1S/C28H30FN5O2S2/c1-3-4-7-12-34-27(36)23(38-28(34)37)18-20-25(30-24-19(2)9-8-13-33(24)26(20)35)32-16-14-31(15-17-32)22-11-6-5-10-21(22)29/h5-6,8-11,13,18H,3-4,7,12,14-17H2,1-2H3/b23-18+. The van der Waals surface area contributed by atoms with Crippen molar-refractivity contribution in [3.8, 4) is 0 Å². The highest BCUT2D eigenvalue weighted by atomic mass is 32.2. The number of para-hydroxylation sites is 1. The van der Waals surface area contributed by atoms with Crippen LogP contribution in [-0.4, -0.2) is 57.2 Å². The van der Waals surface area contributed by atoms with E-state index in [-0.39, 0.29) is 17.3 Å². The summed E-state index contributed by atoms with van der Waals surface area (Å²) in [6, 6.07) is 10.5. The van der Waals surface area contributed by atoms with Crippen molar-refractivity contribution in [2.75, 3.05) is 42.5 Å². The number of carbonyl (C=O) groups is 1. The number of pyridine rings is 1. The molecule has 2 aliphatic rings. The number of hydrogen-bond donors (Lipinski definition) is 0. The van der Waals surface area contributed by atoms with E-state index in [1.165, 1.54) is 22.2 Å². The third-order valence-electron chi connectivity index (χ3n) is 6.97. The van der Waals surface area contributed by atoms with Gasteiger partial charge in [0.1, 0.15) is 21.6 Å². The van der Waals surface area contributed by atoms with Crippen molar-refractivity contribution in [1.82, 2.24) is 14.3 Å². The molecule has 2 fully saturated rings. The minimum Gasteiger partial charge on any atom is -0.366 e. The van der Waals surface area contributed by atoms with Crippen molar-refractivity contribution in [1.29, 1.82) is 0 Å². The summed E-state index contributed by atoms with van der Waals surface area (Å²) in [6.45, 7) is 6.88. The molecule has 1 amide bonds. The Bertz CT molecular complexity index is 1480. The molecule has 2 aromatic heterocycles. The molecule has 2 aliphatic heterocycles. The van der Waals surface area contributed by atoms with Crippen LogP contribution in [0.1, 0.15) is 37.3 Å². The molecular weight excluding hydrogens is 521 g/mol. The highest BCUT2D eigenvalue weighted by Gasteiger charge is 2.33. The molecule has 0 radical (unpaired) electrons. The summed E-state index contributed by atoms with van der Waals surface area (Å²) in [7, 11) is 0. The fourth-order valence-corrected chi connectivity index (χ4v) is 6.17. The summed E-state index contributed by atoms with van der Waals surface area (Å²) in [4.78, 5) is 38.0. The van der Waals surface area contributed by atoms with E-state index < -0.39 is 0 Å². The van der Waals surface area contributed by atoms with Gasteiger partial charge in [0.25, 0.3) is 11.5 Å². The van der Waals surface area contributed by atoms with Crippen LogP contribution in [0.2, 0.25) is 0 Å². The smallest absolute Gasteiger partial charge is 0.267 e. The molecule has 4 heterocycles. The lowest BCUT2D eigenvalue weighted by molar-refractivity contribution is -0.122. The molecule has 0 aliphatic carbocycles. The van der Waals surface area contributed by atoms with Crippen LogP contribution < -0.4 is 15.4 Å². The predicted molar refractivity (Wildman–Crippen MR) is 156 cm³/mol. The van der Waals surface area contributed by atoms with Gasteiger partial charge in [-0.2, -0.15) is 0 Å². The van der Waals surface area contributed by atoms with Crippen LogP contribution >= 0.6 is 24.0 Å². The van der Waals surface area contributed by atoms with Crippen LogP contribution in [0.15, 0.2) is 52.3 Å². The van der Waals surface area contributed by atoms with E-state index in [9.17, 15) is 14.0 Å². The molecule has 2 saturated heterocycles. The molecule has 0 bridgehead atoms. The maximum absolute atomic E-state index is 14.4. The summed E-state index contributed by atoms with van der Waals surface area (Å²) >= 11 is 6.73. The fraction of sp³-hybridized carbons (Fsp3) is 0.357. The van der Waals surface area contributed by atoms with Gasteiger partial charge in [-0.25, -0.2) is 9.37 Å². The molecule has 0 unspecified atom stereocenters. The monoisotopic (exact) mass is 551 g/mol. The Morgan fingerprint density at radius 3 is 2.53 bits per heavy atom. The zero-order chi connectivity index (χ0) is 26.8. The van der Waals surface area contributed by atoms with E-state index >= 15 is 0 Å². The molecule has 198 valence electrons. The number of aromatic nitrogens is 2. The van der Waals surface area contributed by atoms with Gasteiger partial charge in [-0.3, -0.25) is 18.9 Å². The molecule has 1 aromatic carbocycles. The number of carbonyl (C=O) groups excluding carboxylic acids is 1. The van der Waals surface area contributed by atoms with Gasteiger partial charge in [0.05, 0.1) is 16.2 Å². The number of anilines is 2. The first kappa shape index (κ1) is 26.4. The maximum atomic E-state index is 14.4. The quantitative estimate of drug-likeness (QED) is 0.236. The number of halogens is 1. The zero-order valence-corrected chi connectivity index (χ0v) is 23.2. The van der Waals surface area contributed by atoms with E-state index in [1.54, 1.807) is 29.3 Å². The molecule has 0 N–H and O–H groups in total. The lowest BCUT2D eigenvalue weighted by Gasteiger charge is -2.37. The second-order valence-electron chi connectivity index (χ2n) is 9.51. The normalized spacial score (nSPS) is 17.3. The number of hydrogen-bond acceptors (Lipinski definition) is 7. The number of fused-ring (bicyclic) bond motifs is 1. The average molecular weight is 552 g/mol. The Morgan fingerprint density at radius 2 is 1.79 bits per heavy atom. The largest absolute Gasteiger partial charge is 0.366 e. The molecule has 0 atom stereocenters. The average Bonchev–Trinajstić information content (AvgIpc) is 3.18. The summed E-state index contributed by atoms with van der Waals surface area (Å²) < 4.78 is 16.4. The Kier molecular flexibility index (Phi) is 7.80. The van der Waals surface area contributed by atoms with Crippen LogP contribution in [0.25, 0.3) is 11.7 Å². The topological polar surface area (TPSA) is 61.2 Å². The third kappa shape index (κ3) is 5.07. The van der Waals surface area contributed by atoms with E-state index in [0.29, 0.717) is 64.7 Å². The number of unbranched alkanes of at least 4 members (excludes halogenated alkanes) is 2. The number of thiocarbonyl (C=S) groups is 1. The van der Waals surface area contributed by atoms with Gasteiger partial charge in [0.15, 0.2) is 0 Å². The fourth-order valence-electron chi connectivity index (χ4n) is 4.88. The van der Waals surface area contributed by atoms with E-state index in [4.69, 9.17) is 17.2 Å². The summed E-state index contributed by atoms with van der Waals surface area (Å²) in [6.07, 6.45) is 6.31. The Morgan fingerprint density at radius 1 is 1.05 bits per heavy atom. The van der Waals surface area contributed by atoms with E-state index in [1.807, 2.05) is 30.0 Å². The molecule has 0 spiro atoms. The van der Waals surface area contributed by atoms with Crippen molar-refractivity contribution < 1.29 is 9.18 Å². The number of aryl methyl sites for hydroxylation is 1. The van der Waals surface area contributed by atoms with Gasteiger partial charge in [-0.05, 0) is 43.2 Å². The minimum atomic E-state index is -0.250. The first-order chi connectivity index (χ1) is 18.4. The third-order valence-corrected chi connectivity index (χ3v) is 8.35. The molecule has 10 heteroatoms. The molecule has 3 aromatic rings.